The predicted octanol–water partition coefficient (Wildman–Crippen LogP) is 4.20. The highest BCUT2D eigenvalue weighted by Crippen LogP contribution is 2.04. The van der Waals surface area contributed by atoms with Crippen molar-refractivity contribution in [2.75, 3.05) is 42.3 Å². The Hall–Kier alpha value is 0.588. The smallest absolute Gasteiger partial charge is 0.118 e. The fourth-order valence-corrected chi connectivity index (χ4v) is 6.75. The summed E-state index contributed by atoms with van der Waals surface area (Å²) in [6, 6.07) is 0. The van der Waals surface area contributed by atoms with E-state index in [-0.39, 0.29) is 8.59 Å². The van der Waals surface area contributed by atoms with Gasteiger partial charge in [-0.15, -0.1) is 0 Å². The molecule has 0 unspecified atom stereocenters. The van der Waals surface area contributed by atoms with Crippen LogP contribution >= 0.6 is 0 Å². The monoisotopic (exact) mass is 395 g/mol. The standard InChI is InChI=1S/C5H15NSi.C5H16Si2.C3H9NSi.C3H9N/c1-6(2)7(3,4)5;1-6-5-7(2,3)4;1-4-5(2)3;1-4(2)3/h1-5H3;5-6H2,1-4H3;1-3H3;1-3H3. The summed E-state index contributed by atoms with van der Waals surface area (Å²) in [4.78, 5) is 2.00. The molecule has 0 saturated carbocycles. The van der Waals surface area contributed by atoms with Gasteiger partial charge in [-0.05, 0) is 48.3 Å². The van der Waals surface area contributed by atoms with Gasteiger partial charge in [0.2, 0.25) is 0 Å². The average Bonchev–Trinajstić information content (AvgIpc) is 2.26. The first-order chi connectivity index (χ1) is 10.0. The summed E-state index contributed by atoms with van der Waals surface area (Å²) in [6.07, 6.45) is 0. The number of nitrogens with zero attached hydrogens (tertiary/aromatic N) is 3. The van der Waals surface area contributed by atoms with Gasteiger partial charge in [0, 0.05) is 24.6 Å². The fraction of sp³-hybridized carbons (Fsp3) is 1.00. The van der Waals surface area contributed by atoms with Crippen molar-refractivity contribution in [1.82, 2.24) is 9.47 Å². The van der Waals surface area contributed by atoms with Crippen molar-refractivity contribution in [3.63, 3.8) is 0 Å². The molecule has 0 saturated heterocycles. The zero-order valence-corrected chi connectivity index (χ0v) is 23.7. The van der Waals surface area contributed by atoms with Crippen molar-refractivity contribution < 1.29 is 0 Å². The lowest BCUT2D eigenvalue weighted by atomic mass is 11.0. The SMILES string of the molecule is CN(C)C.CN(C)[Si](C)(C)C.CN=[Si](C)C.C[SiH2]C[Si](C)(C)C. The van der Waals surface area contributed by atoms with E-state index in [0.29, 0.717) is 9.52 Å². The number of hydrogen-bond donors (Lipinski definition) is 0. The van der Waals surface area contributed by atoms with E-state index in [4.69, 9.17) is 0 Å². The molecule has 0 fully saturated rings. The predicted molar refractivity (Wildman–Crippen MR) is 125 cm³/mol. The average molecular weight is 396 g/mol. The first-order valence-electron chi connectivity index (χ1n) is 8.69. The van der Waals surface area contributed by atoms with Crippen LogP contribution < -0.4 is 0 Å². The molecule has 0 aliphatic rings. The third-order valence-corrected chi connectivity index (χ3v) is 14.4. The Morgan fingerprint density at radius 1 is 0.870 bits per heavy atom. The minimum atomic E-state index is -0.901. The van der Waals surface area contributed by atoms with Crippen molar-refractivity contribution in [2.24, 2.45) is 4.63 Å². The van der Waals surface area contributed by atoms with Crippen molar-refractivity contribution >= 4 is 34.4 Å². The number of rotatable bonds is 3. The quantitative estimate of drug-likeness (QED) is 0.667. The van der Waals surface area contributed by atoms with Crippen molar-refractivity contribution in [1.29, 1.82) is 0 Å². The van der Waals surface area contributed by atoms with E-state index in [9.17, 15) is 0 Å². The van der Waals surface area contributed by atoms with E-state index < -0.39 is 16.3 Å². The highest BCUT2D eigenvalue weighted by atomic mass is 28.4. The van der Waals surface area contributed by atoms with Crippen LogP contribution in [0, 0.1) is 0 Å². The van der Waals surface area contributed by atoms with E-state index in [1.54, 1.807) is 5.67 Å². The molecule has 0 aliphatic carbocycles. The summed E-state index contributed by atoms with van der Waals surface area (Å²) in [6.45, 7) is 21.0. The van der Waals surface area contributed by atoms with Gasteiger partial charge < -0.3 is 14.1 Å². The normalized spacial score (nSPS) is 11.2. The summed E-state index contributed by atoms with van der Waals surface area (Å²) in [7, 11) is 10.8. The Labute approximate surface area is 155 Å². The summed E-state index contributed by atoms with van der Waals surface area (Å²) in [5.41, 5.74) is 1.62. The molecular formula is C16H49N3Si4. The van der Waals surface area contributed by atoms with E-state index in [1.165, 1.54) is 0 Å². The Kier molecular flexibility index (Phi) is 23.7. The maximum atomic E-state index is 3.99. The summed E-state index contributed by atoms with van der Waals surface area (Å²) >= 11 is 0. The maximum Gasteiger partial charge on any atom is 0.118 e. The van der Waals surface area contributed by atoms with Gasteiger partial charge in [-0.25, -0.2) is 0 Å². The van der Waals surface area contributed by atoms with Gasteiger partial charge in [0.1, 0.15) is 16.8 Å². The molecule has 0 aromatic heterocycles. The highest BCUT2D eigenvalue weighted by molar-refractivity contribution is 6.82. The Morgan fingerprint density at radius 2 is 1.09 bits per heavy atom. The summed E-state index contributed by atoms with van der Waals surface area (Å²) in [5.74, 6) is 0. The second-order valence-corrected chi connectivity index (χ2v) is 24.6. The van der Waals surface area contributed by atoms with Gasteiger partial charge in [-0.1, -0.05) is 51.5 Å². The maximum absolute atomic E-state index is 3.99. The van der Waals surface area contributed by atoms with Crippen LogP contribution in [0.5, 0.6) is 0 Å². The number of hydrogen-bond acceptors (Lipinski definition) is 3. The highest BCUT2D eigenvalue weighted by Gasteiger charge is 2.14. The van der Waals surface area contributed by atoms with Gasteiger partial charge in [0.25, 0.3) is 0 Å². The van der Waals surface area contributed by atoms with E-state index in [2.05, 4.69) is 82.2 Å². The topological polar surface area (TPSA) is 18.8 Å². The Bertz CT molecular complexity index is 261. The van der Waals surface area contributed by atoms with Crippen molar-refractivity contribution in [3.05, 3.63) is 0 Å². The van der Waals surface area contributed by atoms with Crippen LogP contribution in [0.1, 0.15) is 0 Å². The molecule has 3 nitrogen and oxygen atoms in total. The van der Waals surface area contributed by atoms with Crippen LogP contribution in [0.25, 0.3) is 0 Å². The minimum Gasteiger partial charge on any atom is -0.341 e. The van der Waals surface area contributed by atoms with Gasteiger partial charge >= 0.3 is 0 Å². The van der Waals surface area contributed by atoms with Crippen molar-refractivity contribution in [3.8, 4) is 0 Å². The van der Waals surface area contributed by atoms with E-state index in [0.717, 1.165) is 0 Å². The lowest BCUT2D eigenvalue weighted by molar-refractivity contribution is 0.505. The van der Waals surface area contributed by atoms with Gasteiger partial charge in [0.05, 0.1) is 0 Å². The summed E-state index contributed by atoms with van der Waals surface area (Å²) < 4.78 is 6.32. The molecule has 144 valence electrons. The van der Waals surface area contributed by atoms with Crippen LogP contribution in [0.4, 0.5) is 0 Å². The van der Waals surface area contributed by atoms with Crippen LogP contribution in [0.3, 0.4) is 0 Å². The second kappa shape index (κ2) is 17.4. The molecule has 0 spiro atoms. The van der Waals surface area contributed by atoms with Gasteiger partial charge in [0.15, 0.2) is 0 Å². The molecule has 7 heteroatoms. The molecule has 23 heavy (non-hydrogen) atoms. The third kappa shape index (κ3) is 60.4. The molecule has 0 aromatic rings. The van der Waals surface area contributed by atoms with Gasteiger partial charge in [-0.3, -0.25) is 0 Å². The molecule has 0 radical (unpaired) electrons. The second-order valence-electron chi connectivity index (χ2n) is 8.89. The minimum absolute atomic E-state index is 0.249. The molecule has 0 aromatic carbocycles. The molecule has 0 bridgehead atoms. The molecule has 0 rings (SSSR count). The zero-order chi connectivity index (χ0) is 19.9. The summed E-state index contributed by atoms with van der Waals surface area (Å²) in [5, 5.41) is 0. The van der Waals surface area contributed by atoms with E-state index >= 15 is 0 Å². The zero-order valence-electron chi connectivity index (χ0n) is 19.3. The lowest BCUT2D eigenvalue weighted by Crippen LogP contribution is -2.39. The van der Waals surface area contributed by atoms with Crippen LogP contribution in [0.15, 0.2) is 4.63 Å². The fourth-order valence-electron chi connectivity index (χ4n) is 0.750. The molecule has 0 atom stereocenters. The largest absolute Gasteiger partial charge is 0.341 e. The van der Waals surface area contributed by atoms with Crippen LogP contribution in [-0.4, -0.2) is 86.2 Å². The van der Waals surface area contributed by atoms with Crippen molar-refractivity contribution in [2.45, 2.75) is 64.6 Å². The van der Waals surface area contributed by atoms with Crippen LogP contribution in [-0.2, 0) is 0 Å². The lowest BCUT2D eigenvalue weighted by Gasteiger charge is -2.24. The van der Waals surface area contributed by atoms with E-state index in [1.807, 2.05) is 33.1 Å². The first kappa shape index (κ1) is 31.4. The third-order valence-electron chi connectivity index (χ3n) is 2.79. The molecule has 0 N–H and O–H groups in total. The Balaban J connectivity index is -0.000000107. The van der Waals surface area contributed by atoms with Crippen LogP contribution in [0.2, 0.25) is 64.6 Å². The molecule has 0 heterocycles. The Morgan fingerprint density at radius 3 is 1.09 bits per heavy atom. The first-order valence-corrected chi connectivity index (χ1v) is 20.7. The molecule has 0 aliphatic heterocycles. The van der Waals surface area contributed by atoms with Gasteiger partial charge in [-0.2, -0.15) is 0 Å². The molecule has 0 amide bonds. The molecular weight excluding hydrogens is 347 g/mol.